The topological polar surface area (TPSA) is 44.4 Å². The lowest BCUT2D eigenvalue weighted by Gasteiger charge is -2.34. The second kappa shape index (κ2) is 7.70. The molecule has 1 aliphatic heterocycles. The number of rotatable bonds is 5. The summed E-state index contributed by atoms with van der Waals surface area (Å²) >= 11 is 0. The summed E-state index contributed by atoms with van der Waals surface area (Å²) in [4.78, 5) is 14.3. The highest BCUT2D eigenvalue weighted by Gasteiger charge is 2.23. The molecule has 0 saturated carbocycles. The third-order valence-electron chi connectivity index (χ3n) is 3.62. The van der Waals surface area contributed by atoms with E-state index in [1.807, 2.05) is 35.2 Å². The van der Waals surface area contributed by atoms with Crippen LogP contribution in [-0.2, 0) is 6.54 Å². The molecule has 0 unspecified atom stereocenters. The Morgan fingerprint density at radius 3 is 2.70 bits per heavy atom. The molecule has 1 heterocycles. The van der Waals surface area contributed by atoms with Crippen LogP contribution in [0.25, 0.3) is 0 Å². The monoisotopic (exact) mass is 273 g/mol. The van der Waals surface area contributed by atoms with Crippen molar-refractivity contribution in [1.82, 2.24) is 15.5 Å². The average molecular weight is 273 g/mol. The van der Waals surface area contributed by atoms with Crippen LogP contribution in [0.15, 0.2) is 43.0 Å². The molecule has 4 heteroatoms. The van der Waals surface area contributed by atoms with E-state index in [0.717, 1.165) is 31.5 Å². The second-order valence-corrected chi connectivity index (χ2v) is 5.07. The van der Waals surface area contributed by atoms with E-state index in [2.05, 4.69) is 17.2 Å². The molecular weight excluding hydrogens is 250 g/mol. The van der Waals surface area contributed by atoms with Crippen molar-refractivity contribution in [1.29, 1.82) is 0 Å². The molecule has 1 saturated heterocycles. The molecule has 1 aliphatic rings. The zero-order valence-corrected chi connectivity index (χ0v) is 11.8. The van der Waals surface area contributed by atoms with E-state index >= 15 is 0 Å². The molecule has 20 heavy (non-hydrogen) atoms. The molecule has 0 spiro atoms. The van der Waals surface area contributed by atoms with Gasteiger partial charge in [-0.1, -0.05) is 36.4 Å². The molecule has 0 aromatic heterocycles. The number of benzene rings is 1. The van der Waals surface area contributed by atoms with E-state index in [-0.39, 0.29) is 6.03 Å². The van der Waals surface area contributed by atoms with Gasteiger partial charge in [0.1, 0.15) is 0 Å². The Kier molecular flexibility index (Phi) is 5.62. The van der Waals surface area contributed by atoms with Gasteiger partial charge in [-0.05, 0) is 31.5 Å². The van der Waals surface area contributed by atoms with Gasteiger partial charge in [0.2, 0.25) is 0 Å². The van der Waals surface area contributed by atoms with Gasteiger partial charge >= 0.3 is 6.03 Å². The van der Waals surface area contributed by atoms with Crippen LogP contribution in [-0.4, -0.2) is 36.6 Å². The predicted octanol–water partition coefficient (Wildman–Crippen LogP) is 2.14. The maximum Gasteiger partial charge on any atom is 0.318 e. The van der Waals surface area contributed by atoms with Crippen molar-refractivity contribution in [3.05, 3.63) is 48.6 Å². The first-order valence-electron chi connectivity index (χ1n) is 7.21. The first-order valence-corrected chi connectivity index (χ1v) is 7.21. The molecule has 2 amide bonds. The maximum absolute atomic E-state index is 12.4. The third kappa shape index (κ3) is 4.10. The number of carbonyl (C=O) groups excluding carboxylic acids is 1. The van der Waals surface area contributed by atoms with Crippen LogP contribution in [0.3, 0.4) is 0 Å². The minimum atomic E-state index is 0.000605. The summed E-state index contributed by atoms with van der Waals surface area (Å²) in [7, 11) is 0. The first kappa shape index (κ1) is 14.6. The molecule has 1 aromatic carbocycles. The van der Waals surface area contributed by atoms with E-state index in [4.69, 9.17) is 0 Å². The fraction of sp³-hybridized carbons (Fsp3) is 0.438. The summed E-state index contributed by atoms with van der Waals surface area (Å²) in [5.74, 6) is 0. The van der Waals surface area contributed by atoms with E-state index in [9.17, 15) is 4.79 Å². The third-order valence-corrected chi connectivity index (χ3v) is 3.62. The molecule has 0 aliphatic carbocycles. The van der Waals surface area contributed by atoms with Gasteiger partial charge in [0.05, 0.1) is 0 Å². The van der Waals surface area contributed by atoms with E-state index in [1.54, 1.807) is 6.08 Å². The molecule has 2 rings (SSSR count). The molecule has 0 bridgehead atoms. The quantitative estimate of drug-likeness (QED) is 0.807. The Balaban J connectivity index is 1.90. The van der Waals surface area contributed by atoms with Crippen molar-refractivity contribution in [3.8, 4) is 0 Å². The van der Waals surface area contributed by atoms with Gasteiger partial charge in [-0.15, -0.1) is 6.58 Å². The minimum Gasteiger partial charge on any atom is -0.334 e. The van der Waals surface area contributed by atoms with E-state index in [0.29, 0.717) is 19.1 Å². The highest BCUT2D eigenvalue weighted by atomic mass is 16.2. The summed E-state index contributed by atoms with van der Waals surface area (Å²) in [5, 5.41) is 6.32. The van der Waals surface area contributed by atoms with Crippen LogP contribution >= 0.6 is 0 Å². The van der Waals surface area contributed by atoms with Crippen LogP contribution in [0, 0.1) is 0 Å². The Hall–Kier alpha value is -1.81. The van der Waals surface area contributed by atoms with Crippen molar-refractivity contribution in [3.63, 3.8) is 0 Å². The smallest absolute Gasteiger partial charge is 0.318 e. The van der Waals surface area contributed by atoms with Gasteiger partial charge in [0, 0.05) is 19.1 Å². The van der Waals surface area contributed by atoms with Crippen molar-refractivity contribution in [2.45, 2.75) is 25.4 Å². The molecule has 1 aromatic rings. The number of hydrogen-bond acceptors (Lipinski definition) is 2. The summed E-state index contributed by atoms with van der Waals surface area (Å²) in [6.45, 7) is 6.88. The molecule has 0 atom stereocenters. The van der Waals surface area contributed by atoms with Crippen LogP contribution in [0.1, 0.15) is 18.4 Å². The SMILES string of the molecule is C=CCN(C(=O)NCc1ccccc1)C1CCNCC1. The van der Waals surface area contributed by atoms with E-state index in [1.165, 1.54) is 0 Å². The van der Waals surface area contributed by atoms with Crippen LogP contribution in [0.4, 0.5) is 4.79 Å². The Morgan fingerprint density at radius 2 is 2.05 bits per heavy atom. The first-order chi connectivity index (χ1) is 9.81. The lowest BCUT2D eigenvalue weighted by atomic mass is 10.1. The number of amides is 2. The Morgan fingerprint density at radius 1 is 1.35 bits per heavy atom. The van der Waals surface area contributed by atoms with Crippen molar-refractivity contribution in [2.24, 2.45) is 0 Å². The average Bonchev–Trinajstić information content (AvgIpc) is 2.52. The molecule has 2 N–H and O–H groups in total. The van der Waals surface area contributed by atoms with Crippen molar-refractivity contribution < 1.29 is 4.79 Å². The number of nitrogens with zero attached hydrogens (tertiary/aromatic N) is 1. The number of carbonyl (C=O) groups is 1. The van der Waals surface area contributed by atoms with Gasteiger partial charge in [-0.2, -0.15) is 0 Å². The minimum absolute atomic E-state index is 0.000605. The summed E-state index contributed by atoms with van der Waals surface area (Å²) in [6.07, 6.45) is 3.81. The van der Waals surface area contributed by atoms with Crippen LogP contribution in [0.2, 0.25) is 0 Å². The molecule has 1 fully saturated rings. The Bertz CT molecular complexity index is 427. The zero-order valence-electron chi connectivity index (χ0n) is 11.8. The fourth-order valence-corrected chi connectivity index (χ4v) is 2.53. The van der Waals surface area contributed by atoms with Crippen molar-refractivity contribution in [2.75, 3.05) is 19.6 Å². The number of hydrogen-bond donors (Lipinski definition) is 2. The van der Waals surface area contributed by atoms with Gasteiger partial charge in [-0.3, -0.25) is 0 Å². The standard InChI is InChI=1S/C16H23N3O/c1-2-12-19(15-8-10-17-11-9-15)16(20)18-13-14-6-4-3-5-7-14/h2-7,15,17H,1,8-13H2,(H,18,20). The lowest BCUT2D eigenvalue weighted by Crippen LogP contribution is -2.49. The highest BCUT2D eigenvalue weighted by molar-refractivity contribution is 5.74. The maximum atomic E-state index is 12.4. The van der Waals surface area contributed by atoms with Crippen LogP contribution in [0.5, 0.6) is 0 Å². The van der Waals surface area contributed by atoms with E-state index < -0.39 is 0 Å². The summed E-state index contributed by atoms with van der Waals surface area (Å²) in [6, 6.07) is 10.3. The molecule has 108 valence electrons. The summed E-state index contributed by atoms with van der Waals surface area (Å²) < 4.78 is 0. The largest absolute Gasteiger partial charge is 0.334 e. The normalized spacial score (nSPS) is 15.6. The fourth-order valence-electron chi connectivity index (χ4n) is 2.53. The zero-order chi connectivity index (χ0) is 14.2. The van der Waals surface area contributed by atoms with Gasteiger partial charge in [-0.25, -0.2) is 4.79 Å². The van der Waals surface area contributed by atoms with Gasteiger partial charge in [0.15, 0.2) is 0 Å². The Labute approximate surface area is 120 Å². The van der Waals surface area contributed by atoms with Gasteiger partial charge in [0.25, 0.3) is 0 Å². The second-order valence-electron chi connectivity index (χ2n) is 5.07. The van der Waals surface area contributed by atoms with Gasteiger partial charge < -0.3 is 15.5 Å². The number of piperidine rings is 1. The summed E-state index contributed by atoms with van der Waals surface area (Å²) in [5.41, 5.74) is 1.12. The molecule has 0 radical (unpaired) electrons. The predicted molar refractivity (Wildman–Crippen MR) is 81.5 cm³/mol. The molecular formula is C16H23N3O. The number of urea groups is 1. The van der Waals surface area contributed by atoms with Crippen LogP contribution < -0.4 is 10.6 Å². The number of nitrogens with one attached hydrogen (secondary N) is 2. The highest BCUT2D eigenvalue weighted by Crippen LogP contribution is 2.12. The molecule has 4 nitrogen and oxygen atoms in total. The lowest BCUT2D eigenvalue weighted by molar-refractivity contribution is 0.167. The van der Waals surface area contributed by atoms with Crippen molar-refractivity contribution >= 4 is 6.03 Å².